The van der Waals surface area contributed by atoms with Crippen molar-refractivity contribution in [3.05, 3.63) is 102 Å². The summed E-state index contributed by atoms with van der Waals surface area (Å²) in [5.74, 6) is -0.331. The third kappa shape index (κ3) is 3.64. The highest BCUT2D eigenvalue weighted by Gasteiger charge is 2.21. The van der Waals surface area contributed by atoms with Crippen LogP contribution in [0.15, 0.2) is 84.9 Å². The number of benzene rings is 3. The van der Waals surface area contributed by atoms with E-state index in [-0.39, 0.29) is 11.6 Å². The van der Waals surface area contributed by atoms with Gasteiger partial charge in [-0.15, -0.1) is 0 Å². The summed E-state index contributed by atoms with van der Waals surface area (Å²) in [6.07, 6.45) is 0. The summed E-state index contributed by atoms with van der Waals surface area (Å²) in [4.78, 5) is 12.9. The second-order valence-corrected chi connectivity index (χ2v) is 5.23. The Morgan fingerprint density at radius 1 is 0.783 bits per heavy atom. The van der Waals surface area contributed by atoms with Gasteiger partial charge in [0.25, 0.3) is 0 Å². The number of anilines is 1. The minimum absolute atomic E-state index is 0.0267. The Hall–Kier alpha value is -2.94. The number of ketones is 1. The molecule has 0 spiro atoms. The first-order valence-corrected chi connectivity index (χ1v) is 7.40. The van der Waals surface area contributed by atoms with E-state index in [0.29, 0.717) is 11.3 Å². The lowest BCUT2D eigenvalue weighted by molar-refractivity contribution is 0.0969. The average molecular weight is 305 g/mol. The maximum atomic E-state index is 13.1. The molecule has 3 aromatic rings. The zero-order chi connectivity index (χ0) is 16.1. The summed E-state index contributed by atoms with van der Waals surface area (Å²) < 4.78 is 13.1. The summed E-state index contributed by atoms with van der Waals surface area (Å²) in [6.45, 7) is 0. The molecule has 0 heterocycles. The number of halogens is 1. The molecule has 2 nitrogen and oxygen atoms in total. The van der Waals surface area contributed by atoms with Crippen molar-refractivity contribution < 1.29 is 9.18 Å². The van der Waals surface area contributed by atoms with Gasteiger partial charge in [-0.25, -0.2) is 4.39 Å². The normalized spacial score (nSPS) is 11.7. The van der Waals surface area contributed by atoms with Crippen LogP contribution in [-0.2, 0) is 0 Å². The van der Waals surface area contributed by atoms with E-state index in [1.165, 1.54) is 12.1 Å². The fourth-order valence-electron chi connectivity index (χ4n) is 2.43. The zero-order valence-corrected chi connectivity index (χ0v) is 12.4. The molecule has 0 radical (unpaired) electrons. The van der Waals surface area contributed by atoms with Gasteiger partial charge in [-0.2, -0.15) is 0 Å². The van der Waals surface area contributed by atoms with Crippen LogP contribution < -0.4 is 5.32 Å². The summed E-state index contributed by atoms with van der Waals surface area (Å²) in [5.41, 5.74) is 2.20. The summed E-state index contributed by atoms with van der Waals surface area (Å²) in [5, 5.41) is 3.20. The van der Waals surface area contributed by atoms with E-state index >= 15 is 0 Å². The number of rotatable bonds is 5. The van der Waals surface area contributed by atoms with Gasteiger partial charge in [0.2, 0.25) is 0 Å². The minimum atomic E-state index is -0.524. The van der Waals surface area contributed by atoms with Crippen LogP contribution in [0.25, 0.3) is 0 Å². The van der Waals surface area contributed by atoms with Crippen molar-refractivity contribution in [1.82, 2.24) is 0 Å². The van der Waals surface area contributed by atoms with Crippen LogP contribution in [0.1, 0.15) is 22.0 Å². The molecule has 1 N–H and O–H groups in total. The zero-order valence-electron chi connectivity index (χ0n) is 12.4. The standard InChI is InChI=1S/C20H16FNO/c21-17-11-13-18(14-12-17)22-19(15-7-3-1-4-8-15)20(23)16-9-5-2-6-10-16/h1-14,19,22H. The largest absolute Gasteiger partial charge is 0.371 e. The number of carbonyl (C=O) groups excluding carboxylic acids is 1. The SMILES string of the molecule is O=C(c1ccccc1)C(Nc1ccc(F)cc1)c1ccccc1. The first-order chi connectivity index (χ1) is 11.2. The monoisotopic (exact) mass is 305 g/mol. The van der Waals surface area contributed by atoms with Gasteiger partial charge >= 0.3 is 0 Å². The van der Waals surface area contributed by atoms with Gasteiger partial charge in [-0.1, -0.05) is 60.7 Å². The van der Waals surface area contributed by atoms with Gasteiger partial charge in [0.05, 0.1) is 0 Å². The average Bonchev–Trinajstić information content (AvgIpc) is 2.62. The maximum absolute atomic E-state index is 13.1. The molecule has 1 unspecified atom stereocenters. The number of nitrogens with one attached hydrogen (secondary N) is 1. The molecule has 0 amide bonds. The summed E-state index contributed by atoms with van der Waals surface area (Å²) >= 11 is 0. The second-order valence-electron chi connectivity index (χ2n) is 5.23. The van der Waals surface area contributed by atoms with Crippen LogP contribution in [0.3, 0.4) is 0 Å². The molecule has 0 aliphatic carbocycles. The Morgan fingerprint density at radius 2 is 1.35 bits per heavy atom. The smallest absolute Gasteiger partial charge is 0.189 e. The van der Waals surface area contributed by atoms with Gasteiger partial charge < -0.3 is 5.32 Å². The molecule has 3 rings (SSSR count). The first-order valence-electron chi connectivity index (χ1n) is 7.40. The highest BCUT2D eigenvalue weighted by atomic mass is 19.1. The topological polar surface area (TPSA) is 29.1 Å². The predicted molar refractivity (Wildman–Crippen MR) is 90.0 cm³/mol. The molecule has 1 atom stereocenters. The molecule has 0 bridgehead atoms. The Labute approximate surface area is 134 Å². The lowest BCUT2D eigenvalue weighted by atomic mass is 9.97. The quantitative estimate of drug-likeness (QED) is 0.682. The van der Waals surface area contributed by atoms with Crippen molar-refractivity contribution >= 4 is 11.5 Å². The van der Waals surface area contributed by atoms with Crippen LogP contribution in [0.4, 0.5) is 10.1 Å². The summed E-state index contributed by atoms with van der Waals surface area (Å²) in [7, 11) is 0. The molecule has 114 valence electrons. The number of hydrogen-bond acceptors (Lipinski definition) is 2. The van der Waals surface area contributed by atoms with E-state index in [2.05, 4.69) is 5.32 Å². The Kier molecular flexibility index (Phi) is 4.48. The maximum Gasteiger partial charge on any atom is 0.189 e. The minimum Gasteiger partial charge on any atom is -0.371 e. The molecule has 0 saturated heterocycles. The predicted octanol–water partition coefficient (Wildman–Crippen LogP) is 4.86. The third-order valence-electron chi connectivity index (χ3n) is 3.61. The molecule has 0 aliphatic heterocycles. The Bertz CT molecular complexity index is 770. The van der Waals surface area contributed by atoms with Crippen molar-refractivity contribution in [2.75, 3.05) is 5.32 Å². The second kappa shape index (κ2) is 6.88. The molecule has 0 aliphatic rings. The molecule has 0 aromatic heterocycles. The van der Waals surface area contributed by atoms with Crippen molar-refractivity contribution in [3.63, 3.8) is 0 Å². The van der Waals surface area contributed by atoms with Crippen molar-refractivity contribution in [2.24, 2.45) is 0 Å². The first kappa shape index (κ1) is 15.0. The van der Waals surface area contributed by atoms with Gasteiger partial charge in [-0.3, -0.25) is 4.79 Å². The molecule has 0 saturated carbocycles. The van der Waals surface area contributed by atoms with Crippen molar-refractivity contribution in [1.29, 1.82) is 0 Å². The molecular formula is C20H16FNO. The van der Waals surface area contributed by atoms with Gasteiger partial charge in [0.1, 0.15) is 11.9 Å². The fraction of sp³-hybridized carbons (Fsp3) is 0.0500. The van der Waals surface area contributed by atoms with Crippen LogP contribution in [0, 0.1) is 5.82 Å². The van der Waals surface area contributed by atoms with E-state index in [4.69, 9.17) is 0 Å². The van der Waals surface area contributed by atoms with Crippen LogP contribution in [-0.4, -0.2) is 5.78 Å². The lowest BCUT2D eigenvalue weighted by Crippen LogP contribution is -2.21. The van der Waals surface area contributed by atoms with Crippen LogP contribution >= 0.6 is 0 Å². The van der Waals surface area contributed by atoms with Gasteiger partial charge in [0.15, 0.2) is 5.78 Å². The molecule has 3 aromatic carbocycles. The van der Waals surface area contributed by atoms with E-state index in [1.54, 1.807) is 24.3 Å². The highest BCUT2D eigenvalue weighted by Crippen LogP contribution is 2.24. The van der Waals surface area contributed by atoms with Crippen molar-refractivity contribution in [2.45, 2.75) is 6.04 Å². The van der Waals surface area contributed by atoms with Gasteiger partial charge in [0, 0.05) is 11.3 Å². The number of carbonyl (C=O) groups is 1. The molecule has 3 heteroatoms. The van der Waals surface area contributed by atoms with Crippen LogP contribution in [0.5, 0.6) is 0 Å². The molecular weight excluding hydrogens is 289 g/mol. The molecule has 23 heavy (non-hydrogen) atoms. The summed E-state index contributed by atoms with van der Waals surface area (Å²) in [6, 6.07) is 24.1. The van der Waals surface area contributed by atoms with Crippen molar-refractivity contribution in [3.8, 4) is 0 Å². The third-order valence-corrected chi connectivity index (χ3v) is 3.61. The Balaban J connectivity index is 1.94. The van der Waals surface area contributed by atoms with E-state index in [1.807, 2.05) is 48.5 Å². The highest BCUT2D eigenvalue weighted by molar-refractivity contribution is 6.02. The van der Waals surface area contributed by atoms with E-state index in [0.717, 1.165) is 5.56 Å². The number of hydrogen-bond donors (Lipinski definition) is 1. The van der Waals surface area contributed by atoms with E-state index < -0.39 is 6.04 Å². The lowest BCUT2D eigenvalue weighted by Gasteiger charge is -2.19. The van der Waals surface area contributed by atoms with E-state index in [9.17, 15) is 9.18 Å². The fourth-order valence-corrected chi connectivity index (χ4v) is 2.43. The Morgan fingerprint density at radius 3 is 1.96 bits per heavy atom. The number of Topliss-reactive ketones (excluding diaryl/α,β-unsaturated/α-hetero) is 1. The molecule has 0 fully saturated rings. The van der Waals surface area contributed by atoms with Crippen LogP contribution in [0.2, 0.25) is 0 Å². The van der Waals surface area contributed by atoms with Gasteiger partial charge in [-0.05, 0) is 29.8 Å².